The van der Waals surface area contributed by atoms with Gasteiger partial charge in [-0.25, -0.2) is 4.39 Å². The van der Waals surface area contributed by atoms with Crippen molar-refractivity contribution in [1.82, 2.24) is 20.0 Å². The van der Waals surface area contributed by atoms with Gasteiger partial charge < -0.3 is 10.2 Å². The lowest BCUT2D eigenvalue weighted by Crippen LogP contribution is -2.35. The van der Waals surface area contributed by atoms with Crippen LogP contribution in [0.25, 0.3) is 0 Å². The minimum atomic E-state index is -0.269. The number of nitrogens with one attached hydrogen (secondary N) is 1. The van der Waals surface area contributed by atoms with Crippen LogP contribution in [0.3, 0.4) is 0 Å². The maximum Gasteiger partial charge on any atom is 0.221 e. The van der Waals surface area contributed by atoms with Gasteiger partial charge in [-0.15, -0.1) is 0 Å². The molecule has 0 saturated heterocycles. The zero-order valence-electron chi connectivity index (χ0n) is 13.8. The van der Waals surface area contributed by atoms with E-state index in [2.05, 4.69) is 10.4 Å². The molecule has 2 aromatic rings. The smallest absolute Gasteiger partial charge is 0.221 e. The van der Waals surface area contributed by atoms with Gasteiger partial charge in [0, 0.05) is 25.7 Å². The highest BCUT2D eigenvalue weighted by atomic mass is 19.1. The second kappa shape index (κ2) is 7.87. The first-order valence-corrected chi connectivity index (χ1v) is 7.63. The maximum absolute atomic E-state index is 13.4. The number of likely N-dealkylation sites (N-methyl/N-ethyl adjacent to an activating group) is 1. The third-order valence-electron chi connectivity index (χ3n) is 3.68. The summed E-state index contributed by atoms with van der Waals surface area (Å²) in [6, 6.07) is 6.40. The Kier molecular flexibility index (Phi) is 5.87. The number of hydrogen-bond donors (Lipinski definition) is 1. The number of carbonyl (C=O) groups excluding carboxylic acids is 1. The van der Waals surface area contributed by atoms with Crippen molar-refractivity contribution >= 4 is 5.91 Å². The Labute approximate surface area is 136 Å². The largest absolute Gasteiger partial charge is 0.354 e. The monoisotopic (exact) mass is 318 g/mol. The third kappa shape index (κ3) is 5.17. The average molecular weight is 318 g/mol. The molecule has 124 valence electrons. The van der Waals surface area contributed by atoms with Crippen molar-refractivity contribution in [2.24, 2.45) is 0 Å². The Bertz CT molecular complexity index is 654. The molecule has 0 radical (unpaired) electrons. The summed E-state index contributed by atoms with van der Waals surface area (Å²) in [4.78, 5) is 14.0. The van der Waals surface area contributed by atoms with Gasteiger partial charge in [0.25, 0.3) is 0 Å². The van der Waals surface area contributed by atoms with Crippen LogP contribution in [0.2, 0.25) is 0 Å². The summed E-state index contributed by atoms with van der Waals surface area (Å²) < 4.78 is 15.1. The molecule has 23 heavy (non-hydrogen) atoms. The molecular formula is C17H23FN4O. The lowest BCUT2D eigenvalue weighted by Gasteiger charge is -2.25. The van der Waals surface area contributed by atoms with Crippen LogP contribution >= 0.6 is 0 Å². The van der Waals surface area contributed by atoms with Crippen molar-refractivity contribution < 1.29 is 9.18 Å². The lowest BCUT2D eigenvalue weighted by atomic mass is 10.1. The fraction of sp³-hybridized carbons (Fsp3) is 0.412. The number of aromatic nitrogens is 2. The first-order chi connectivity index (χ1) is 11.0. The minimum Gasteiger partial charge on any atom is -0.354 e. The number of nitrogens with zero attached hydrogens (tertiary/aromatic N) is 3. The van der Waals surface area contributed by atoms with Gasteiger partial charge in [0.05, 0.1) is 12.2 Å². The van der Waals surface area contributed by atoms with E-state index in [-0.39, 0.29) is 17.8 Å². The fourth-order valence-electron chi connectivity index (χ4n) is 2.42. The zero-order chi connectivity index (χ0) is 16.8. The Balaban J connectivity index is 1.87. The molecule has 0 saturated carbocycles. The number of benzene rings is 1. The molecule has 1 N–H and O–H groups in total. The Morgan fingerprint density at radius 3 is 2.83 bits per heavy atom. The first-order valence-electron chi connectivity index (χ1n) is 7.63. The molecule has 1 aromatic carbocycles. The van der Waals surface area contributed by atoms with Gasteiger partial charge in [-0.05, 0) is 44.3 Å². The molecule has 0 fully saturated rings. The highest BCUT2D eigenvalue weighted by Crippen LogP contribution is 2.18. The minimum absolute atomic E-state index is 0.0404. The molecule has 1 amide bonds. The van der Waals surface area contributed by atoms with E-state index in [0.717, 1.165) is 11.1 Å². The SMILES string of the molecule is Cc1cnn(CCC(=O)NCC(c2cccc(F)c2)N(C)C)c1. The van der Waals surface area contributed by atoms with Gasteiger partial charge in [0.2, 0.25) is 5.91 Å². The molecule has 0 bridgehead atoms. The van der Waals surface area contributed by atoms with Gasteiger partial charge in [-0.2, -0.15) is 5.10 Å². The van der Waals surface area contributed by atoms with E-state index < -0.39 is 0 Å². The van der Waals surface area contributed by atoms with Gasteiger partial charge in [-0.1, -0.05) is 12.1 Å². The van der Waals surface area contributed by atoms with Crippen LogP contribution in [0.15, 0.2) is 36.7 Å². The molecule has 0 aliphatic carbocycles. The third-order valence-corrected chi connectivity index (χ3v) is 3.68. The highest BCUT2D eigenvalue weighted by molar-refractivity contribution is 5.75. The number of aryl methyl sites for hydroxylation is 2. The van der Waals surface area contributed by atoms with Crippen LogP contribution in [-0.4, -0.2) is 41.2 Å². The van der Waals surface area contributed by atoms with E-state index in [1.165, 1.54) is 12.1 Å². The maximum atomic E-state index is 13.4. The number of rotatable bonds is 7. The highest BCUT2D eigenvalue weighted by Gasteiger charge is 2.15. The Morgan fingerprint density at radius 2 is 2.22 bits per heavy atom. The summed E-state index contributed by atoms with van der Waals surface area (Å²) in [5, 5.41) is 7.07. The van der Waals surface area contributed by atoms with Crippen LogP contribution in [0.5, 0.6) is 0 Å². The van der Waals surface area contributed by atoms with Crippen molar-refractivity contribution in [1.29, 1.82) is 0 Å². The predicted octanol–water partition coefficient (Wildman–Crippen LogP) is 2.14. The standard InChI is InChI=1S/C17H23FN4O/c1-13-10-20-22(12-13)8-7-17(23)19-11-16(21(2)3)14-5-4-6-15(18)9-14/h4-6,9-10,12,16H,7-8,11H2,1-3H3,(H,19,23). The molecule has 0 aliphatic heterocycles. The molecule has 0 spiro atoms. The summed E-state index contributed by atoms with van der Waals surface area (Å²) in [6.45, 7) is 2.95. The summed E-state index contributed by atoms with van der Waals surface area (Å²) >= 11 is 0. The second-order valence-electron chi connectivity index (χ2n) is 5.87. The van der Waals surface area contributed by atoms with E-state index in [1.54, 1.807) is 16.9 Å². The number of amides is 1. The summed E-state index contributed by atoms with van der Waals surface area (Å²) in [7, 11) is 3.82. The molecule has 5 nitrogen and oxygen atoms in total. The van der Waals surface area contributed by atoms with Crippen molar-refractivity contribution in [3.05, 3.63) is 53.6 Å². The number of carbonyl (C=O) groups is 1. The van der Waals surface area contributed by atoms with E-state index in [1.807, 2.05) is 38.2 Å². The van der Waals surface area contributed by atoms with Crippen LogP contribution in [0.4, 0.5) is 4.39 Å². The van der Waals surface area contributed by atoms with Gasteiger partial charge in [0.15, 0.2) is 0 Å². The molecular weight excluding hydrogens is 295 g/mol. The summed E-state index contributed by atoms with van der Waals surface area (Å²) in [5.74, 6) is -0.309. The molecule has 2 rings (SSSR count). The van der Waals surface area contributed by atoms with Crippen molar-refractivity contribution in [3.63, 3.8) is 0 Å². The van der Waals surface area contributed by atoms with Gasteiger partial charge in [0.1, 0.15) is 5.82 Å². The van der Waals surface area contributed by atoms with Crippen LogP contribution in [-0.2, 0) is 11.3 Å². The number of hydrogen-bond acceptors (Lipinski definition) is 3. The molecule has 6 heteroatoms. The van der Waals surface area contributed by atoms with E-state index in [4.69, 9.17) is 0 Å². The zero-order valence-corrected chi connectivity index (χ0v) is 13.8. The van der Waals surface area contributed by atoms with E-state index in [9.17, 15) is 9.18 Å². The van der Waals surface area contributed by atoms with E-state index in [0.29, 0.717) is 19.5 Å². The second-order valence-corrected chi connectivity index (χ2v) is 5.87. The van der Waals surface area contributed by atoms with Crippen LogP contribution in [0, 0.1) is 12.7 Å². The fourth-order valence-corrected chi connectivity index (χ4v) is 2.42. The van der Waals surface area contributed by atoms with Crippen molar-refractivity contribution in [3.8, 4) is 0 Å². The number of halogens is 1. The van der Waals surface area contributed by atoms with Gasteiger partial charge >= 0.3 is 0 Å². The van der Waals surface area contributed by atoms with Crippen LogP contribution < -0.4 is 5.32 Å². The molecule has 1 heterocycles. The van der Waals surface area contributed by atoms with Crippen molar-refractivity contribution in [2.45, 2.75) is 25.9 Å². The summed E-state index contributed by atoms with van der Waals surface area (Å²) in [5.41, 5.74) is 1.92. The average Bonchev–Trinajstić information content (AvgIpc) is 2.91. The molecule has 0 aliphatic rings. The lowest BCUT2D eigenvalue weighted by molar-refractivity contribution is -0.121. The quantitative estimate of drug-likeness (QED) is 0.851. The molecule has 1 atom stereocenters. The van der Waals surface area contributed by atoms with Crippen LogP contribution in [0.1, 0.15) is 23.6 Å². The molecule has 1 aromatic heterocycles. The first kappa shape index (κ1) is 17.1. The van der Waals surface area contributed by atoms with Crippen molar-refractivity contribution in [2.75, 3.05) is 20.6 Å². The predicted molar refractivity (Wildman–Crippen MR) is 87.4 cm³/mol. The normalized spacial score (nSPS) is 12.4. The topological polar surface area (TPSA) is 50.2 Å². The summed E-state index contributed by atoms with van der Waals surface area (Å²) in [6.07, 6.45) is 4.04. The Morgan fingerprint density at radius 1 is 1.43 bits per heavy atom. The Hall–Kier alpha value is -2.21. The molecule has 1 unspecified atom stereocenters. The van der Waals surface area contributed by atoms with Gasteiger partial charge in [-0.3, -0.25) is 9.48 Å². The van der Waals surface area contributed by atoms with E-state index >= 15 is 0 Å².